The first-order chi connectivity index (χ1) is 16.1. The summed E-state index contributed by atoms with van der Waals surface area (Å²) < 4.78 is 44.4. The number of amides is 1. The fraction of sp³-hybridized carbons (Fsp3) is 0.125. The number of aryl methyl sites for hydroxylation is 1. The number of hydrogen-bond donors (Lipinski definition) is 2. The third kappa shape index (κ3) is 5.01. The molecule has 4 rings (SSSR count). The maximum atomic E-state index is 12.9. The van der Waals surface area contributed by atoms with Crippen molar-refractivity contribution < 1.29 is 27.3 Å². The third-order valence-corrected chi connectivity index (χ3v) is 5.15. The van der Waals surface area contributed by atoms with E-state index in [4.69, 9.17) is 4.42 Å². The lowest BCUT2D eigenvalue weighted by Crippen LogP contribution is -2.12. The molecule has 174 valence electrons. The summed E-state index contributed by atoms with van der Waals surface area (Å²) in [5, 5.41) is 17.3. The van der Waals surface area contributed by atoms with E-state index in [2.05, 4.69) is 10.6 Å². The van der Waals surface area contributed by atoms with E-state index in [0.717, 1.165) is 11.6 Å². The number of carbonyl (C=O) groups excluding carboxylic acids is 1. The van der Waals surface area contributed by atoms with Crippen LogP contribution in [0.15, 0.2) is 71.1 Å². The van der Waals surface area contributed by atoms with Crippen molar-refractivity contribution in [1.29, 1.82) is 0 Å². The van der Waals surface area contributed by atoms with Crippen molar-refractivity contribution in [3.8, 4) is 0 Å². The summed E-state index contributed by atoms with van der Waals surface area (Å²) in [5.74, 6) is -0.593. The minimum atomic E-state index is -4.47. The average molecular weight is 469 g/mol. The predicted molar refractivity (Wildman–Crippen MR) is 121 cm³/mol. The Morgan fingerprint density at radius 3 is 2.50 bits per heavy atom. The number of halogens is 3. The number of nitro benzene ring substituents is 1. The van der Waals surface area contributed by atoms with Gasteiger partial charge in [-0.2, -0.15) is 13.2 Å². The summed E-state index contributed by atoms with van der Waals surface area (Å²) in [6.07, 6.45) is -4.47. The van der Waals surface area contributed by atoms with Gasteiger partial charge >= 0.3 is 6.18 Å². The number of benzene rings is 3. The van der Waals surface area contributed by atoms with Gasteiger partial charge in [0, 0.05) is 35.4 Å². The van der Waals surface area contributed by atoms with Crippen LogP contribution < -0.4 is 10.6 Å². The zero-order valence-electron chi connectivity index (χ0n) is 17.8. The minimum Gasteiger partial charge on any atom is -0.451 e. The molecule has 0 unspecified atom stereocenters. The Kier molecular flexibility index (Phi) is 5.97. The van der Waals surface area contributed by atoms with E-state index in [1.807, 2.05) is 0 Å². The van der Waals surface area contributed by atoms with E-state index in [0.29, 0.717) is 23.2 Å². The van der Waals surface area contributed by atoms with Crippen LogP contribution in [0.25, 0.3) is 11.0 Å². The third-order valence-electron chi connectivity index (χ3n) is 5.15. The quantitative estimate of drug-likeness (QED) is 0.247. The van der Waals surface area contributed by atoms with Crippen LogP contribution in [0, 0.1) is 17.0 Å². The fourth-order valence-corrected chi connectivity index (χ4v) is 3.50. The van der Waals surface area contributed by atoms with E-state index in [-0.39, 0.29) is 22.7 Å². The topological polar surface area (TPSA) is 97.4 Å². The Morgan fingerprint density at radius 2 is 1.79 bits per heavy atom. The molecule has 0 spiro atoms. The smallest absolute Gasteiger partial charge is 0.416 e. The van der Waals surface area contributed by atoms with Crippen LogP contribution in [0.3, 0.4) is 0 Å². The highest BCUT2D eigenvalue weighted by molar-refractivity contribution is 6.04. The Labute approximate surface area is 191 Å². The lowest BCUT2D eigenvalue weighted by Gasteiger charge is -2.11. The first kappa shape index (κ1) is 22.8. The number of nitrogens with one attached hydrogen (secondary N) is 2. The summed E-state index contributed by atoms with van der Waals surface area (Å²) in [4.78, 5) is 23.0. The summed E-state index contributed by atoms with van der Waals surface area (Å²) in [7, 11) is 0. The highest BCUT2D eigenvalue weighted by atomic mass is 19.4. The molecule has 0 fully saturated rings. The lowest BCUT2D eigenvalue weighted by molar-refractivity contribution is -0.384. The molecule has 1 aromatic heterocycles. The van der Waals surface area contributed by atoms with E-state index in [9.17, 15) is 28.1 Å². The molecule has 0 aliphatic carbocycles. The van der Waals surface area contributed by atoms with E-state index in [1.165, 1.54) is 37.3 Å². The Balaban J connectivity index is 1.46. The van der Waals surface area contributed by atoms with Gasteiger partial charge in [-0.1, -0.05) is 12.1 Å². The van der Waals surface area contributed by atoms with Crippen molar-refractivity contribution in [2.45, 2.75) is 19.6 Å². The Bertz CT molecular complexity index is 1400. The van der Waals surface area contributed by atoms with Gasteiger partial charge in [0.15, 0.2) is 5.76 Å². The average Bonchev–Trinajstić information content (AvgIpc) is 3.21. The number of hydrogen-bond acceptors (Lipinski definition) is 5. The molecule has 0 bridgehead atoms. The largest absolute Gasteiger partial charge is 0.451 e. The number of anilines is 2. The van der Waals surface area contributed by atoms with Crippen LogP contribution in [0.5, 0.6) is 0 Å². The molecule has 3 aromatic carbocycles. The summed E-state index contributed by atoms with van der Waals surface area (Å²) in [6, 6.07) is 16.3. The molecule has 0 saturated heterocycles. The Hall–Kier alpha value is -4.34. The maximum absolute atomic E-state index is 12.9. The number of alkyl halides is 3. The normalized spacial score (nSPS) is 11.4. The van der Waals surface area contributed by atoms with Gasteiger partial charge in [0.25, 0.3) is 11.6 Å². The van der Waals surface area contributed by atoms with Gasteiger partial charge < -0.3 is 15.1 Å². The fourth-order valence-electron chi connectivity index (χ4n) is 3.50. The summed E-state index contributed by atoms with van der Waals surface area (Å²) >= 11 is 0. The molecule has 2 N–H and O–H groups in total. The van der Waals surface area contributed by atoms with Crippen LogP contribution in [-0.2, 0) is 12.7 Å². The number of rotatable bonds is 6. The van der Waals surface area contributed by atoms with Gasteiger partial charge in [-0.25, -0.2) is 0 Å². The van der Waals surface area contributed by atoms with E-state index < -0.39 is 22.6 Å². The Morgan fingerprint density at radius 1 is 1.03 bits per heavy atom. The summed E-state index contributed by atoms with van der Waals surface area (Å²) in [6.45, 7) is 1.67. The first-order valence-electron chi connectivity index (χ1n) is 10.1. The SMILES string of the molecule is Cc1cc(NC(=O)c2cc3cc(NCc4cccc([N+](=O)[O-])c4)ccc3o2)ccc1C(F)(F)F. The van der Waals surface area contributed by atoms with Crippen LogP contribution >= 0.6 is 0 Å². The molecule has 0 atom stereocenters. The second kappa shape index (κ2) is 8.89. The molecule has 0 saturated carbocycles. The zero-order chi connectivity index (χ0) is 24.5. The van der Waals surface area contributed by atoms with Gasteiger partial charge in [-0.3, -0.25) is 14.9 Å². The molecule has 10 heteroatoms. The van der Waals surface area contributed by atoms with Crippen molar-refractivity contribution in [3.05, 3.63) is 99.3 Å². The first-order valence-corrected chi connectivity index (χ1v) is 10.1. The second-order valence-electron chi connectivity index (χ2n) is 7.63. The van der Waals surface area contributed by atoms with Gasteiger partial charge in [-0.15, -0.1) is 0 Å². The number of fused-ring (bicyclic) bond motifs is 1. The highest BCUT2D eigenvalue weighted by Gasteiger charge is 2.32. The van der Waals surface area contributed by atoms with Gasteiger partial charge in [0.2, 0.25) is 0 Å². The standard InChI is InChI=1S/C24H18F3N3O4/c1-14-9-18(5-7-20(14)24(25,26)27)29-23(31)22-12-16-11-17(6-8-21(16)34-22)28-13-15-3-2-4-19(10-15)30(32)33/h2-12,28H,13H2,1H3,(H,29,31). The van der Waals surface area contributed by atoms with Crippen molar-refractivity contribution in [2.24, 2.45) is 0 Å². The summed E-state index contributed by atoms with van der Waals surface area (Å²) in [5.41, 5.74) is 1.35. The van der Waals surface area contributed by atoms with Crippen LogP contribution in [-0.4, -0.2) is 10.8 Å². The second-order valence-corrected chi connectivity index (χ2v) is 7.63. The van der Waals surface area contributed by atoms with E-state index >= 15 is 0 Å². The van der Waals surface area contributed by atoms with Crippen molar-refractivity contribution in [2.75, 3.05) is 10.6 Å². The molecule has 4 aromatic rings. The molecular formula is C24H18F3N3O4. The molecule has 1 heterocycles. The van der Waals surface area contributed by atoms with Crippen molar-refractivity contribution >= 4 is 33.9 Å². The van der Waals surface area contributed by atoms with E-state index in [1.54, 1.807) is 30.3 Å². The number of furan rings is 1. The van der Waals surface area contributed by atoms with Crippen LogP contribution in [0.2, 0.25) is 0 Å². The molecule has 0 radical (unpaired) electrons. The van der Waals surface area contributed by atoms with Crippen LogP contribution in [0.1, 0.15) is 27.2 Å². The van der Waals surface area contributed by atoms with Gasteiger partial charge in [0.1, 0.15) is 5.58 Å². The number of nitro groups is 1. The molecule has 0 aliphatic rings. The highest BCUT2D eigenvalue weighted by Crippen LogP contribution is 2.33. The molecule has 1 amide bonds. The van der Waals surface area contributed by atoms with Gasteiger partial charge in [0.05, 0.1) is 10.5 Å². The number of non-ortho nitro benzene ring substituents is 1. The van der Waals surface area contributed by atoms with Crippen molar-refractivity contribution in [3.63, 3.8) is 0 Å². The van der Waals surface area contributed by atoms with Crippen LogP contribution in [0.4, 0.5) is 30.2 Å². The maximum Gasteiger partial charge on any atom is 0.416 e. The monoisotopic (exact) mass is 469 g/mol. The lowest BCUT2D eigenvalue weighted by atomic mass is 10.1. The number of nitrogens with zero attached hydrogens (tertiary/aromatic N) is 1. The minimum absolute atomic E-state index is 0.00313. The molecule has 0 aliphatic heterocycles. The predicted octanol–water partition coefficient (Wildman–Crippen LogP) is 6.53. The van der Waals surface area contributed by atoms with Gasteiger partial charge in [-0.05, 0) is 60.5 Å². The van der Waals surface area contributed by atoms with Crippen molar-refractivity contribution in [1.82, 2.24) is 0 Å². The number of carbonyl (C=O) groups is 1. The molecule has 7 nitrogen and oxygen atoms in total. The molecule has 34 heavy (non-hydrogen) atoms. The molecular weight excluding hydrogens is 451 g/mol. The zero-order valence-corrected chi connectivity index (χ0v) is 17.8.